The Morgan fingerprint density at radius 1 is 1.21 bits per heavy atom. The largest absolute Gasteiger partial charge is 0.482 e. The summed E-state index contributed by atoms with van der Waals surface area (Å²) in [6.45, 7) is 4.59. The van der Waals surface area contributed by atoms with Gasteiger partial charge in [0.25, 0.3) is 11.8 Å². The standard InChI is InChI=1S/C21H18N2O3S2/c1-12-3-5-15(13(2)7-12)10-23-16-8-14(4-6-17(16)26-11-19(23)24)9-18-20(25)22-21(27)28-18/h3-9H,10-11H2,1-2H3,(H,22,25,27). The van der Waals surface area contributed by atoms with Crippen LogP contribution in [0.5, 0.6) is 5.75 Å². The topological polar surface area (TPSA) is 58.6 Å². The lowest BCUT2D eigenvalue weighted by Gasteiger charge is -2.30. The molecular formula is C21H18N2O3S2. The summed E-state index contributed by atoms with van der Waals surface area (Å²) in [5.41, 5.74) is 4.94. The second kappa shape index (κ2) is 7.41. The molecule has 2 aromatic carbocycles. The van der Waals surface area contributed by atoms with E-state index in [0.717, 1.165) is 16.7 Å². The summed E-state index contributed by atoms with van der Waals surface area (Å²) < 4.78 is 6.05. The SMILES string of the molecule is Cc1ccc(CN2C(=O)COc3ccc(C=C4SC(=S)NC4=O)cc32)c(C)c1. The van der Waals surface area contributed by atoms with Gasteiger partial charge in [0, 0.05) is 0 Å². The van der Waals surface area contributed by atoms with E-state index < -0.39 is 0 Å². The van der Waals surface area contributed by atoms with E-state index in [1.165, 1.54) is 17.3 Å². The number of carbonyl (C=O) groups is 2. The number of anilines is 1. The minimum absolute atomic E-state index is 0.0187. The summed E-state index contributed by atoms with van der Waals surface area (Å²) in [6, 6.07) is 11.8. The van der Waals surface area contributed by atoms with Gasteiger partial charge in [-0.2, -0.15) is 0 Å². The smallest absolute Gasteiger partial charge is 0.265 e. The Kier molecular flexibility index (Phi) is 4.95. The molecule has 0 bridgehead atoms. The van der Waals surface area contributed by atoms with Gasteiger partial charge in [-0.25, -0.2) is 0 Å². The van der Waals surface area contributed by atoms with Crippen LogP contribution in [0.15, 0.2) is 41.3 Å². The quantitative estimate of drug-likeness (QED) is 0.617. The molecule has 0 aromatic heterocycles. The van der Waals surface area contributed by atoms with E-state index in [4.69, 9.17) is 17.0 Å². The van der Waals surface area contributed by atoms with Crippen molar-refractivity contribution in [3.05, 3.63) is 63.6 Å². The first-order valence-corrected chi connectivity index (χ1v) is 10.0. The van der Waals surface area contributed by atoms with Crippen LogP contribution in [0.3, 0.4) is 0 Å². The van der Waals surface area contributed by atoms with Crippen LogP contribution >= 0.6 is 24.0 Å². The number of carbonyl (C=O) groups excluding carboxylic acids is 2. The number of hydrogen-bond acceptors (Lipinski definition) is 5. The van der Waals surface area contributed by atoms with E-state index in [9.17, 15) is 9.59 Å². The fourth-order valence-corrected chi connectivity index (χ4v) is 4.29. The zero-order valence-corrected chi connectivity index (χ0v) is 17.1. The van der Waals surface area contributed by atoms with Crippen molar-refractivity contribution in [2.24, 2.45) is 0 Å². The fourth-order valence-electron chi connectivity index (χ4n) is 3.25. The minimum atomic E-state index is -0.202. The van der Waals surface area contributed by atoms with Gasteiger partial charge < -0.3 is 15.0 Å². The summed E-state index contributed by atoms with van der Waals surface area (Å²) >= 11 is 6.27. The molecule has 4 rings (SSSR count). The van der Waals surface area contributed by atoms with E-state index in [-0.39, 0.29) is 18.4 Å². The number of benzene rings is 2. The molecule has 2 aliphatic rings. The fraction of sp³-hybridized carbons (Fsp3) is 0.190. The molecule has 0 unspecified atom stereocenters. The van der Waals surface area contributed by atoms with Crippen LogP contribution in [0.4, 0.5) is 5.69 Å². The van der Waals surface area contributed by atoms with Crippen molar-refractivity contribution in [2.75, 3.05) is 11.5 Å². The Morgan fingerprint density at radius 3 is 2.75 bits per heavy atom. The Labute approximate surface area is 172 Å². The lowest BCUT2D eigenvalue weighted by molar-refractivity contribution is -0.121. The van der Waals surface area contributed by atoms with Crippen LogP contribution < -0.4 is 15.0 Å². The second-order valence-corrected chi connectivity index (χ2v) is 8.50. The number of nitrogens with zero attached hydrogens (tertiary/aromatic N) is 1. The van der Waals surface area contributed by atoms with E-state index in [1.807, 2.05) is 31.2 Å². The Morgan fingerprint density at radius 2 is 2.04 bits per heavy atom. The molecule has 0 spiro atoms. The summed E-state index contributed by atoms with van der Waals surface area (Å²) in [4.78, 5) is 26.8. The molecule has 1 N–H and O–H groups in total. The molecule has 2 amide bonds. The van der Waals surface area contributed by atoms with Gasteiger partial charge in [-0.3, -0.25) is 9.59 Å². The molecule has 1 fully saturated rings. The van der Waals surface area contributed by atoms with Gasteiger partial charge in [-0.05, 0) is 48.7 Å². The maximum Gasteiger partial charge on any atom is 0.265 e. The third-order valence-corrected chi connectivity index (χ3v) is 5.86. The van der Waals surface area contributed by atoms with Gasteiger partial charge in [0.2, 0.25) is 0 Å². The number of amides is 2. The predicted octanol–water partition coefficient (Wildman–Crippen LogP) is 3.72. The van der Waals surface area contributed by atoms with E-state index in [2.05, 4.69) is 24.4 Å². The van der Waals surface area contributed by atoms with Crippen molar-refractivity contribution < 1.29 is 14.3 Å². The molecule has 2 heterocycles. The van der Waals surface area contributed by atoms with Crippen LogP contribution in [0, 0.1) is 13.8 Å². The van der Waals surface area contributed by atoms with Crippen LogP contribution in [0.1, 0.15) is 22.3 Å². The van der Waals surface area contributed by atoms with Crippen molar-refractivity contribution >= 4 is 51.9 Å². The zero-order valence-electron chi connectivity index (χ0n) is 15.4. The monoisotopic (exact) mass is 410 g/mol. The Balaban J connectivity index is 1.69. The average Bonchev–Trinajstić information content (AvgIpc) is 2.96. The van der Waals surface area contributed by atoms with Gasteiger partial charge in [0.15, 0.2) is 6.61 Å². The highest BCUT2D eigenvalue weighted by Gasteiger charge is 2.27. The highest BCUT2D eigenvalue weighted by Crippen LogP contribution is 2.36. The summed E-state index contributed by atoms with van der Waals surface area (Å²) in [7, 11) is 0. The summed E-state index contributed by atoms with van der Waals surface area (Å²) in [5, 5.41) is 2.61. The number of hydrogen-bond donors (Lipinski definition) is 1. The number of fused-ring (bicyclic) bond motifs is 1. The minimum Gasteiger partial charge on any atom is -0.482 e. The van der Waals surface area contributed by atoms with E-state index in [0.29, 0.717) is 27.2 Å². The lowest BCUT2D eigenvalue weighted by atomic mass is 10.0. The summed E-state index contributed by atoms with van der Waals surface area (Å²) in [5.74, 6) is 0.365. The Hall–Kier alpha value is -2.64. The highest BCUT2D eigenvalue weighted by atomic mass is 32.2. The average molecular weight is 411 g/mol. The molecule has 0 atom stereocenters. The van der Waals surface area contributed by atoms with Crippen molar-refractivity contribution in [1.29, 1.82) is 0 Å². The lowest BCUT2D eigenvalue weighted by Crippen LogP contribution is -2.38. The molecule has 0 aliphatic carbocycles. The van der Waals surface area contributed by atoms with Crippen molar-refractivity contribution in [3.8, 4) is 5.75 Å². The molecule has 5 nitrogen and oxygen atoms in total. The third-order valence-electron chi connectivity index (χ3n) is 4.69. The molecule has 2 aromatic rings. The second-order valence-electron chi connectivity index (χ2n) is 6.78. The van der Waals surface area contributed by atoms with Crippen molar-refractivity contribution in [1.82, 2.24) is 5.32 Å². The van der Waals surface area contributed by atoms with Gasteiger partial charge in [0.05, 0.1) is 17.1 Å². The number of ether oxygens (including phenoxy) is 1. The normalized spacial score (nSPS) is 17.6. The highest BCUT2D eigenvalue weighted by molar-refractivity contribution is 8.26. The molecule has 0 radical (unpaired) electrons. The molecule has 0 saturated carbocycles. The van der Waals surface area contributed by atoms with E-state index in [1.54, 1.807) is 11.0 Å². The first-order valence-electron chi connectivity index (χ1n) is 8.79. The van der Waals surface area contributed by atoms with Crippen LogP contribution in [0.25, 0.3) is 6.08 Å². The number of nitrogens with one attached hydrogen (secondary N) is 1. The van der Waals surface area contributed by atoms with Gasteiger partial charge in [-0.1, -0.05) is 53.8 Å². The van der Waals surface area contributed by atoms with Gasteiger partial charge in [-0.15, -0.1) is 0 Å². The molecular weight excluding hydrogens is 392 g/mol. The van der Waals surface area contributed by atoms with Gasteiger partial charge >= 0.3 is 0 Å². The molecule has 28 heavy (non-hydrogen) atoms. The first-order chi connectivity index (χ1) is 13.4. The summed E-state index contributed by atoms with van der Waals surface area (Å²) in [6.07, 6.45) is 1.77. The molecule has 142 valence electrons. The van der Waals surface area contributed by atoms with Gasteiger partial charge in [0.1, 0.15) is 10.1 Å². The number of thioether (sulfide) groups is 1. The number of rotatable bonds is 3. The van der Waals surface area contributed by atoms with Crippen molar-refractivity contribution in [3.63, 3.8) is 0 Å². The van der Waals surface area contributed by atoms with Crippen LogP contribution in [0.2, 0.25) is 0 Å². The Bertz CT molecular complexity index is 1050. The number of thiocarbonyl (C=S) groups is 1. The van der Waals surface area contributed by atoms with E-state index >= 15 is 0 Å². The van der Waals surface area contributed by atoms with Crippen LogP contribution in [-0.4, -0.2) is 22.7 Å². The first kappa shape index (κ1) is 18.7. The maximum absolute atomic E-state index is 12.6. The maximum atomic E-state index is 12.6. The van der Waals surface area contributed by atoms with Crippen molar-refractivity contribution in [2.45, 2.75) is 20.4 Å². The molecule has 1 saturated heterocycles. The van der Waals surface area contributed by atoms with Crippen LogP contribution in [-0.2, 0) is 16.1 Å². The third kappa shape index (κ3) is 3.68. The molecule has 7 heteroatoms. The number of aryl methyl sites for hydroxylation is 2. The predicted molar refractivity (Wildman–Crippen MR) is 115 cm³/mol. The zero-order chi connectivity index (χ0) is 19.8. The molecule has 2 aliphatic heterocycles.